The van der Waals surface area contributed by atoms with Crippen molar-refractivity contribution in [1.29, 1.82) is 0 Å². The summed E-state index contributed by atoms with van der Waals surface area (Å²) in [6.45, 7) is 4.79. The van der Waals surface area contributed by atoms with Crippen LogP contribution in [-0.4, -0.2) is 61.9 Å². The summed E-state index contributed by atoms with van der Waals surface area (Å²) >= 11 is 0.940. The van der Waals surface area contributed by atoms with Crippen molar-refractivity contribution in [2.75, 3.05) is 6.61 Å². The Kier molecular flexibility index (Phi) is 5.02. The van der Waals surface area contributed by atoms with Crippen LogP contribution in [0.15, 0.2) is 0 Å². The van der Waals surface area contributed by atoms with Gasteiger partial charge in [-0.1, -0.05) is 20.8 Å². The highest BCUT2D eigenvalue weighted by atomic mass is 32.2. The molecule has 6 nitrogen and oxygen atoms in total. The molecule has 1 saturated heterocycles. The molecule has 0 spiro atoms. The zero-order valence-electron chi connectivity index (χ0n) is 10.7. The lowest BCUT2D eigenvalue weighted by Gasteiger charge is -2.40. The molecule has 1 fully saturated rings. The van der Waals surface area contributed by atoms with Gasteiger partial charge in [-0.25, -0.2) is 0 Å². The molecular formula is C11H21NO5S. The number of aliphatic hydroxyl groups excluding tert-OH is 4. The lowest BCUT2D eigenvalue weighted by molar-refractivity contribution is -0.132. The fraction of sp³-hybridized carbons (Fsp3) is 0.909. The number of hydrogen-bond acceptors (Lipinski definition) is 6. The fourth-order valence-electron chi connectivity index (χ4n) is 1.62. The number of carbonyl (C=O) groups excluding carboxylic acids is 1. The second-order valence-electron chi connectivity index (χ2n) is 5.48. The van der Waals surface area contributed by atoms with Crippen LogP contribution in [0, 0.1) is 5.41 Å². The van der Waals surface area contributed by atoms with Gasteiger partial charge in [0.05, 0.1) is 24.0 Å². The Bertz CT molecular complexity index is 306. The molecule has 1 amide bonds. The molecule has 0 saturated carbocycles. The first kappa shape index (κ1) is 15.7. The van der Waals surface area contributed by atoms with E-state index in [1.165, 1.54) is 0 Å². The highest BCUT2D eigenvalue weighted by Gasteiger charge is 2.44. The van der Waals surface area contributed by atoms with Crippen molar-refractivity contribution in [3.63, 3.8) is 0 Å². The minimum atomic E-state index is -1.30. The van der Waals surface area contributed by atoms with Gasteiger partial charge >= 0.3 is 0 Å². The Labute approximate surface area is 110 Å². The van der Waals surface area contributed by atoms with Gasteiger partial charge in [0.1, 0.15) is 11.5 Å². The Hall–Kier alpha value is -0.340. The van der Waals surface area contributed by atoms with Gasteiger partial charge in [-0.2, -0.15) is 0 Å². The maximum atomic E-state index is 11.8. The molecule has 5 N–H and O–H groups in total. The summed E-state index contributed by atoms with van der Waals surface area (Å²) in [5, 5.41) is 40.3. The Morgan fingerprint density at radius 1 is 1.22 bits per heavy atom. The topological polar surface area (TPSA) is 110 Å². The molecule has 106 valence electrons. The van der Waals surface area contributed by atoms with Gasteiger partial charge in [0, 0.05) is 5.41 Å². The van der Waals surface area contributed by atoms with E-state index in [2.05, 4.69) is 5.32 Å². The zero-order chi connectivity index (χ0) is 14.1. The predicted molar refractivity (Wildman–Crippen MR) is 67.9 cm³/mol. The second kappa shape index (κ2) is 5.75. The average molecular weight is 279 g/mol. The lowest BCUT2D eigenvalue weighted by atomic mass is 9.94. The molecule has 7 heteroatoms. The highest BCUT2D eigenvalue weighted by molar-refractivity contribution is 8.00. The van der Waals surface area contributed by atoms with Gasteiger partial charge in [-0.3, -0.25) is 4.79 Å². The minimum absolute atomic E-state index is 0.319. The van der Waals surface area contributed by atoms with E-state index in [0.29, 0.717) is 0 Å². The molecule has 0 bridgehead atoms. The maximum Gasteiger partial charge on any atom is 0.225 e. The third kappa shape index (κ3) is 3.36. The quantitative estimate of drug-likeness (QED) is 0.428. The molecule has 5 unspecified atom stereocenters. The van der Waals surface area contributed by atoms with Gasteiger partial charge in [0.15, 0.2) is 0 Å². The van der Waals surface area contributed by atoms with Crippen LogP contribution in [-0.2, 0) is 4.79 Å². The molecule has 5 atom stereocenters. The Morgan fingerprint density at radius 3 is 2.22 bits per heavy atom. The first-order valence-electron chi connectivity index (χ1n) is 5.80. The number of amides is 1. The molecule has 1 heterocycles. The number of aliphatic hydroxyl groups is 4. The van der Waals surface area contributed by atoms with Crippen LogP contribution in [0.2, 0.25) is 0 Å². The van der Waals surface area contributed by atoms with E-state index in [4.69, 9.17) is 5.11 Å². The standard InChI is InChI=1S/C11H21NO5S/c1-11(2,3)10(17)12-6-8(15)7(14)5(4-13)18-9(6)16/h5-9,13-16H,4H2,1-3H3,(H,12,17). The fourth-order valence-corrected chi connectivity index (χ4v) is 2.79. The van der Waals surface area contributed by atoms with Crippen molar-refractivity contribution < 1.29 is 25.2 Å². The smallest absolute Gasteiger partial charge is 0.225 e. The average Bonchev–Trinajstić information content (AvgIpc) is 2.27. The third-order valence-electron chi connectivity index (χ3n) is 2.88. The van der Waals surface area contributed by atoms with Crippen LogP contribution >= 0.6 is 11.8 Å². The van der Waals surface area contributed by atoms with Crippen molar-refractivity contribution in [1.82, 2.24) is 5.32 Å². The summed E-state index contributed by atoms with van der Waals surface area (Å²) in [6.07, 6.45) is -2.49. The molecule has 0 aromatic rings. The van der Waals surface area contributed by atoms with E-state index in [-0.39, 0.29) is 12.5 Å². The molecular weight excluding hydrogens is 258 g/mol. The summed E-state index contributed by atoms with van der Waals surface area (Å²) in [5.74, 6) is -0.319. The molecule has 0 aromatic carbocycles. The van der Waals surface area contributed by atoms with Crippen LogP contribution in [0.5, 0.6) is 0 Å². The van der Waals surface area contributed by atoms with E-state index in [9.17, 15) is 20.1 Å². The van der Waals surface area contributed by atoms with Crippen molar-refractivity contribution in [2.45, 2.75) is 49.7 Å². The number of rotatable bonds is 2. The summed E-state index contributed by atoms with van der Waals surface area (Å²) in [4.78, 5) is 11.8. The summed E-state index contributed by atoms with van der Waals surface area (Å²) in [6, 6.07) is -0.945. The molecule has 0 aliphatic carbocycles. The summed E-state index contributed by atoms with van der Waals surface area (Å²) in [5.41, 5.74) is -1.71. The molecule has 0 radical (unpaired) electrons. The molecule has 18 heavy (non-hydrogen) atoms. The summed E-state index contributed by atoms with van der Waals surface area (Å²) in [7, 11) is 0. The molecule has 1 aliphatic rings. The molecule has 1 aliphatic heterocycles. The largest absolute Gasteiger partial charge is 0.395 e. The van der Waals surface area contributed by atoms with Gasteiger partial charge in [0.25, 0.3) is 0 Å². The van der Waals surface area contributed by atoms with Crippen LogP contribution in [0.1, 0.15) is 20.8 Å². The molecule has 1 rings (SSSR count). The van der Waals surface area contributed by atoms with Crippen LogP contribution in [0.25, 0.3) is 0 Å². The zero-order valence-corrected chi connectivity index (χ0v) is 11.5. The third-order valence-corrected chi connectivity index (χ3v) is 4.23. The predicted octanol–water partition coefficient (Wildman–Crippen LogP) is -1.33. The van der Waals surface area contributed by atoms with Crippen LogP contribution in [0.3, 0.4) is 0 Å². The SMILES string of the molecule is CC(C)(C)C(=O)NC1C(O)SC(CO)C(O)C1O. The molecule has 0 aromatic heterocycles. The van der Waals surface area contributed by atoms with E-state index in [1.54, 1.807) is 20.8 Å². The van der Waals surface area contributed by atoms with Crippen molar-refractivity contribution in [3.05, 3.63) is 0 Å². The Balaban J connectivity index is 2.74. The second-order valence-corrected chi connectivity index (χ2v) is 6.84. The normalized spacial score (nSPS) is 37.4. The maximum absolute atomic E-state index is 11.8. The lowest BCUT2D eigenvalue weighted by Crippen LogP contribution is -2.61. The van der Waals surface area contributed by atoms with Crippen LogP contribution in [0.4, 0.5) is 0 Å². The van der Waals surface area contributed by atoms with Crippen molar-refractivity contribution in [3.8, 4) is 0 Å². The highest BCUT2D eigenvalue weighted by Crippen LogP contribution is 2.31. The number of thioether (sulfide) groups is 1. The van der Waals surface area contributed by atoms with Gasteiger partial charge in [-0.15, -0.1) is 11.8 Å². The van der Waals surface area contributed by atoms with E-state index in [0.717, 1.165) is 11.8 Å². The van der Waals surface area contributed by atoms with Crippen molar-refractivity contribution >= 4 is 17.7 Å². The minimum Gasteiger partial charge on any atom is -0.395 e. The van der Waals surface area contributed by atoms with Gasteiger partial charge in [0.2, 0.25) is 5.91 Å². The monoisotopic (exact) mass is 279 g/mol. The van der Waals surface area contributed by atoms with E-state index >= 15 is 0 Å². The number of nitrogens with one attached hydrogen (secondary N) is 1. The van der Waals surface area contributed by atoms with Crippen molar-refractivity contribution in [2.24, 2.45) is 5.41 Å². The first-order chi connectivity index (χ1) is 8.18. The first-order valence-corrected chi connectivity index (χ1v) is 6.74. The van der Waals surface area contributed by atoms with E-state index in [1.807, 2.05) is 0 Å². The van der Waals surface area contributed by atoms with Gasteiger partial charge in [-0.05, 0) is 0 Å². The number of hydrogen-bond donors (Lipinski definition) is 5. The summed E-state index contributed by atoms with van der Waals surface area (Å²) < 4.78 is 0. The number of carbonyl (C=O) groups is 1. The Morgan fingerprint density at radius 2 is 1.78 bits per heavy atom. The van der Waals surface area contributed by atoms with Crippen LogP contribution < -0.4 is 5.32 Å². The van der Waals surface area contributed by atoms with E-state index < -0.39 is 34.4 Å². The van der Waals surface area contributed by atoms with Gasteiger partial charge < -0.3 is 25.7 Å².